The molecule has 1 aromatic rings. The molecule has 0 spiro atoms. The fraction of sp³-hybridized carbons (Fsp3) is 0.375. The smallest absolute Gasteiger partial charge is 0.407 e. The largest absolute Gasteiger partial charge is 0.480 e. The topological polar surface area (TPSA) is 129 Å². The van der Waals surface area contributed by atoms with E-state index in [-0.39, 0.29) is 13.0 Å². The number of carbonyl (C=O) groups excluding carboxylic acids is 2. The minimum Gasteiger partial charge on any atom is -0.480 e. The molecule has 0 aliphatic rings. The molecular weight excluding hydrogens is 314 g/mol. The molecule has 0 saturated heterocycles. The van der Waals surface area contributed by atoms with Crippen LogP contribution in [0.4, 0.5) is 4.79 Å². The van der Waals surface area contributed by atoms with Gasteiger partial charge in [-0.15, -0.1) is 0 Å². The van der Waals surface area contributed by atoms with Gasteiger partial charge < -0.3 is 20.5 Å². The predicted molar refractivity (Wildman–Crippen MR) is 83.6 cm³/mol. The zero-order chi connectivity index (χ0) is 17.9. The first-order valence-electron chi connectivity index (χ1n) is 7.28. The van der Waals surface area contributed by atoms with Crippen LogP contribution in [0, 0.1) is 17.2 Å². The second kappa shape index (κ2) is 9.84. The fourth-order valence-corrected chi connectivity index (χ4v) is 1.80. The number of aliphatic carboxylic acids is 1. The van der Waals surface area contributed by atoms with Gasteiger partial charge in [0.2, 0.25) is 5.91 Å². The maximum Gasteiger partial charge on any atom is 0.407 e. The van der Waals surface area contributed by atoms with Crippen LogP contribution in [-0.4, -0.2) is 35.7 Å². The molecule has 8 heteroatoms. The van der Waals surface area contributed by atoms with E-state index in [9.17, 15) is 14.4 Å². The summed E-state index contributed by atoms with van der Waals surface area (Å²) in [6.45, 7) is 1.20. The van der Waals surface area contributed by atoms with Crippen molar-refractivity contribution >= 4 is 18.0 Å². The van der Waals surface area contributed by atoms with Gasteiger partial charge in [0.1, 0.15) is 19.2 Å². The molecule has 0 radical (unpaired) electrons. The molecule has 0 bridgehead atoms. The zero-order valence-corrected chi connectivity index (χ0v) is 13.2. The van der Waals surface area contributed by atoms with Crippen molar-refractivity contribution in [3.8, 4) is 6.07 Å². The number of amides is 2. The third-order valence-corrected chi connectivity index (χ3v) is 3.05. The Hall–Kier alpha value is -3.08. The van der Waals surface area contributed by atoms with Crippen molar-refractivity contribution in [1.29, 1.82) is 5.26 Å². The van der Waals surface area contributed by atoms with Gasteiger partial charge in [-0.25, -0.2) is 9.59 Å². The highest BCUT2D eigenvalue weighted by atomic mass is 16.5. The summed E-state index contributed by atoms with van der Waals surface area (Å²) in [7, 11) is 0. The second-order valence-corrected chi connectivity index (χ2v) is 5.14. The maximum atomic E-state index is 11.7. The highest BCUT2D eigenvalue weighted by Crippen LogP contribution is 2.05. The molecular formula is C16H19N3O5. The summed E-state index contributed by atoms with van der Waals surface area (Å²) in [6, 6.07) is 9.73. The highest BCUT2D eigenvalue weighted by Gasteiger charge is 2.22. The van der Waals surface area contributed by atoms with Crippen LogP contribution in [-0.2, 0) is 20.9 Å². The van der Waals surface area contributed by atoms with Gasteiger partial charge >= 0.3 is 12.1 Å². The highest BCUT2D eigenvalue weighted by molar-refractivity contribution is 5.86. The van der Waals surface area contributed by atoms with E-state index in [1.165, 1.54) is 0 Å². The van der Waals surface area contributed by atoms with Crippen molar-refractivity contribution in [2.75, 3.05) is 6.54 Å². The van der Waals surface area contributed by atoms with Crippen molar-refractivity contribution in [2.45, 2.75) is 26.0 Å². The van der Waals surface area contributed by atoms with Crippen LogP contribution in [0.1, 0.15) is 18.9 Å². The van der Waals surface area contributed by atoms with Crippen LogP contribution in [0.2, 0.25) is 0 Å². The first-order valence-corrected chi connectivity index (χ1v) is 7.28. The average molecular weight is 333 g/mol. The van der Waals surface area contributed by atoms with Crippen LogP contribution < -0.4 is 10.6 Å². The Balaban J connectivity index is 2.34. The SMILES string of the molecule is C[C@H](C#N)C[C@H](NC(=O)CNC(=O)OCc1ccccc1)C(=O)O. The summed E-state index contributed by atoms with van der Waals surface area (Å²) in [5.74, 6) is -2.43. The first-order chi connectivity index (χ1) is 11.4. The minimum absolute atomic E-state index is 0.0178. The molecule has 24 heavy (non-hydrogen) atoms. The lowest BCUT2D eigenvalue weighted by Gasteiger charge is -2.15. The van der Waals surface area contributed by atoms with Crippen molar-refractivity contribution in [1.82, 2.24) is 10.6 Å². The van der Waals surface area contributed by atoms with E-state index in [1.807, 2.05) is 12.1 Å². The Labute approximate surface area is 139 Å². The molecule has 2 amide bonds. The lowest BCUT2D eigenvalue weighted by atomic mass is 10.0. The van der Waals surface area contributed by atoms with E-state index in [4.69, 9.17) is 15.1 Å². The van der Waals surface area contributed by atoms with E-state index in [0.29, 0.717) is 0 Å². The van der Waals surface area contributed by atoms with Gasteiger partial charge in [0, 0.05) is 5.92 Å². The number of carboxylic acid groups (broad SMARTS) is 1. The maximum absolute atomic E-state index is 11.7. The number of hydrogen-bond donors (Lipinski definition) is 3. The lowest BCUT2D eigenvalue weighted by molar-refractivity contribution is -0.142. The van der Waals surface area contributed by atoms with Gasteiger partial charge in [-0.1, -0.05) is 30.3 Å². The molecule has 0 heterocycles. The molecule has 2 atom stereocenters. The van der Waals surface area contributed by atoms with Crippen molar-refractivity contribution in [2.24, 2.45) is 5.92 Å². The quantitative estimate of drug-likeness (QED) is 0.652. The summed E-state index contributed by atoms with van der Waals surface area (Å²) in [5.41, 5.74) is 0.800. The van der Waals surface area contributed by atoms with Gasteiger partial charge in [-0.05, 0) is 18.9 Å². The molecule has 0 fully saturated rings. The average Bonchev–Trinajstić information content (AvgIpc) is 2.58. The Kier molecular flexibility index (Phi) is 7.78. The molecule has 0 aromatic heterocycles. The van der Waals surface area contributed by atoms with E-state index in [0.717, 1.165) is 5.56 Å². The van der Waals surface area contributed by atoms with Crippen molar-refractivity contribution < 1.29 is 24.2 Å². The number of rotatable bonds is 8. The van der Waals surface area contributed by atoms with Crippen LogP contribution in [0.5, 0.6) is 0 Å². The Morgan fingerprint density at radius 2 is 1.96 bits per heavy atom. The van der Waals surface area contributed by atoms with Crippen molar-refractivity contribution in [3.63, 3.8) is 0 Å². The number of carboxylic acids is 1. The molecule has 0 saturated carbocycles. The molecule has 3 N–H and O–H groups in total. The Bertz CT molecular complexity index is 612. The third-order valence-electron chi connectivity index (χ3n) is 3.05. The number of nitriles is 1. The van der Waals surface area contributed by atoms with Gasteiger partial charge in [-0.2, -0.15) is 5.26 Å². The number of nitrogens with zero attached hydrogens (tertiary/aromatic N) is 1. The number of ether oxygens (including phenoxy) is 1. The third kappa shape index (κ3) is 7.26. The number of carbonyl (C=O) groups is 3. The number of nitrogens with one attached hydrogen (secondary N) is 2. The molecule has 1 rings (SSSR count). The van der Waals surface area contributed by atoms with Gasteiger partial charge in [-0.3, -0.25) is 4.79 Å². The normalized spacial score (nSPS) is 12.3. The van der Waals surface area contributed by atoms with Gasteiger partial charge in [0.25, 0.3) is 0 Å². The fourth-order valence-electron chi connectivity index (χ4n) is 1.80. The van der Waals surface area contributed by atoms with E-state index >= 15 is 0 Å². The van der Waals surface area contributed by atoms with E-state index in [2.05, 4.69) is 10.6 Å². The standard InChI is InChI=1S/C16H19N3O5/c1-11(8-17)7-13(15(21)22)19-14(20)9-18-16(23)24-10-12-5-3-2-4-6-12/h2-6,11,13H,7,9-10H2,1H3,(H,18,23)(H,19,20)(H,21,22)/t11-,13-/m0/s1. The lowest BCUT2D eigenvalue weighted by Crippen LogP contribution is -2.46. The number of hydrogen-bond acceptors (Lipinski definition) is 5. The zero-order valence-electron chi connectivity index (χ0n) is 13.2. The van der Waals surface area contributed by atoms with Crippen LogP contribution in [0.25, 0.3) is 0 Å². The molecule has 0 unspecified atom stereocenters. The summed E-state index contributed by atoms with van der Waals surface area (Å²) < 4.78 is 4.92. The second-order valence-electron chi connectivity index (χ2n) is 5.14. The number of benzene rings is 1. The number of alkyl carbamates (subject to hydrolysis) is 1. The first kappa shape index (κ1) is 19.0. The molecule has 1 aromatic carbocycles. The molecule has 0 aliphatic carbocycles. The molecule has 128 valence electrons. The van der Waals surface area contributed by atoms with Crippen LogP contribution in [0.15, 0.2) is 30.3 Å². The summed E-state index contributed by atoms with van der Waals surface area (Å²) in [4.78, 5) is 34.2. The van der Waals surface area contributed by atoms with Crippen LogP contribution >= 0.6 is 0 Å². The predicted octanol–water partition coefficient (Wildman–Crippen LogP) is 1.03. The summed E-state index contributed by atoms with van der Waals surface area (Å²) in [5, 5.41) is 22.2. The van der Waals surface area contributed by atoms with E-state index < -0.39 is 36.5 Å². The molecule has 8 nitrogen and oxygen atoms in total. The summed E-state index contributed by atoms with van der Waals surface area (Å²) >= 11 is 0. The van der Waals surface area contributed by atoms with E-state index in [1.54, 1.807) is 31.2 Å². The minimum atomic E-state index is -1.24. The van der Waals surface area contributed by atoms with Gasteiger partial charge in [0.05, 0.1) is 6.07 Å². The Morgan fingerprint density at radius 3 is 2.54 bits per heavy atom. The molecule has 0 aliphatic heterocycles. The summed E-state index contributed by atoms with van der Waals surface area (Å²) in [6.07, 6.45) is -0.804. The van der Waals surface area contributed by atoms with Gasteiger partial charge in [0.15, 0.2) is 0 Å². The van der Waals surface area contributed by atoms with Crippen molar-refractivity contribution in [3.05, 3.63) is 35.9 Å². The van der Waals surface area contributed by atoms with Crippen LogP contribution in [0.3, 0.4) is 0 Å². The monoisotopic (exact) mass is 333 g/mol. The Morgan fingerprint density at radius 1 is 1.29 bits per heavy atom.